The molecule has 46 valence electrons. The summed E-state index contributed by atoms with van der Waals surface area (Å²) in [5.41, 5.74) is 0. The number of carbonyl (C=O) groups is 2. The van der Waals surface area contributed by atoms with Crippen LogP contribution in [0, 0.1) is 0 Å². The second kappa shape index (κ2) is 7.55. The van der Waals surface area contributed by atoms with Crippen LogP contribution in [-0.4, -0.2) is 59.9 Å². The Bertz CT molecular complexity index is 87.3. The average Bonchev–Trinajstić information content (AvgIpc) is 1.36. The number of rotatable bonds is 0. The largest absolute Gasteiger partial charge is 2.00 e. The smallest absolute Gasteiger partial charge is 1.00 e. The fraction of sp³-hybridized carbons (Fsp3) is 0. The Morgan fingerprint density at radius 3 is 1.25 bits per heavy atom. The third-order valence-corrected chi connectivity index (χ3v) is 0.183. The fourth-order valence-electron chi connectivity index (χ4n) is 0. The summed E-state index contributed by atoms with van der Waals surface area (Å²) in [5.74, 6) is -3.65. The van der Waals surface area contributed by atoms with Crippen molar-refractivity contribution in [2.45, 2.75) is 0 Å². The molecular weight excluding hydrogens is 160 g/mol. The molecular formula is C2H6CaO4S. The first-order chi connectivity index (χ1) is 2.64. The van der Waals surface area contributed by atoms with Gasteiger partial charge in [0.15, 0.2) is 0 Å². The predicted octanol–water partition coefficient (Wildman–Crippen LogP) is -0.887. The van der Waals surface area contributed by atoms with Gasteiger partial charge >= 0.3 is 49.7 Å². The van der Waals surface area contributed by atoms with Crippen LogP contribution in [0.3, 0.4) is 0 Å². The van der Waals surface area contributed by atoms with E-state index >= 15 is 0 Å². The molecule has 0 rings (SSSR count). The Morgan fingerprint density at radius 1 is 1.12 bits per heavy atom. The fourth-order valence-corrected chi connectivity index (χ4v) is 0. The van der Waals surface area contributed by atoms with Crippen LogP contribution in [0.1, 0.15) is 2.85 Å². The van der Waals surface area contributed by atoms with Crippen LogP contribution in [0.2, 0.25) is 0 Å². The molecule has 0 aliphatic heterocycles. The minimum absolute atomic E-state index is 0. The molecule has 0 atom stereocenters. The molecule has 0 spiro atoms. The van der Waals surface area contributed by atoms with Crippen LogP contribution in [0.4, 0.5) is 0 Å². The van der Waals surface area contributed by atoms with E-state index in [0.29, 0.717) is 0 Å². The number of hydrogen-bond acceptors (Lipinski definition) is 2. The van der Waals surface area contributed by atoms with Crippen LogP contribution < -0.4 is 0 Å². The molecule has 8 heavy (non-hydrogen) atoms. The minimum atomic E-state index is -1.82. The summed E-state index contributed by atoms with van der Waals surface area (Å²) in [4.78, 5) is 18.2. The molecule has 4 nitrogen and oxygen atoms in total. The van der Waals surface area contributed by atoms with Crippen molar-refractivity contribution in [2.75, 3.05) is 0 Å². The molecule has 0 unspecified atom stereocenters. The van der Waals surface area contributed by atoms with E-state index in [0.717, 1.165) is 0 Å². The first-order valence-electron chi connectivity index (χ1n) is 1.11. The van der Waals surface area contributed by atoms with Gasteiger partial charge in [-0.2, -0.15) is 13.5 Å². The van der Waals surface area contributed by atoms with Gasteiger partial charge in [-0.25, -0.2) is 9.59 Å². The summed E-state index contributed by atoms with van der Waals surface area (Å²) < 4.78 is 0. The predicted molar refractivity (Wildman–Crippen MR) is 33.6 cm³/mol. The molecule has 0 aromatic carbocycles. The van der Waals surface area contributed by atoms with Gasteiger partial charge in [-0.1, -0.05) is 0 Å². The monoisotopic (exact) mass is 166 g/mol. The zero-order chi connectivity index (χ0) is 5.15. The van der Waals surface area contributed by atoms with Crippen molar-refractivity contribution in [3.63, 3.8) is 0 Å². The summed E-state index contributed by atoms with van der Waals surface area (Å²) in [7, 11) is 0. The zero-order valence-electron chi connectivity index (χ0n) is 5.92. The van der Waals surface area contributed by atoms with Crippen molar-refractivity contribution >= 4 is 63.2 Å². The maximum absolute atomic E-state index is 9.10. The molecule has 6 heteroatoms. The van der Waals surface area contributed by atoms with Crippen LogP contribution >= 0.6 is 13.5 Å². The van der Waals surface area contributed by atoms with E-state index in [9.17, 15) is 0 Å². The first-order valence-corrected chi connectivity index (χ1v) is 1.11. The minimum Gasteiger partial charge on any atom is -1.00 e. The van der Waals surface area contributed by atoms with Crippen molar-refractivity contribution in [2.24, 2.45) is 0 Å². The Kier molecular flexibility index (Phi) is 14.9. The molecule has 0 bridgehead atoms. The van der Waals surface area contributed by atoms with Crippen LogP contribution in [0.5, 0.6) is 0 Å². The molecule has 0 aromatic rings. The first kappa shape index (κ1) is 15.8. The van der Waals surface area contributed by atoms with Crippen molar-refractivity contribution in [1.29, 1.82) is 0 Å². The van der Waals surface area contributed by atoms with E-state index in [-0.39, 0.29) is 54.1 Å². The summed E-state index contributed by atoms with van der Waals surface area (Å²) >= 11 is 0. The van der Waals surface area contributed by atoms with Gasteiger partial charge in [0.1, 0.15) is 0 Å². The average molecular weight is 166 g/mol. The summed E-state index contributed by atoms with van der Waals surface area (Å²) in [6, 6.07) is 0. The normalized spacial score (nSPS) is 5.50. The molecule has 0 radical (unpaired) electrons. The standard InChI is InChI=1S/C2H2O4.Ca.H2S.2H/c3-1(4)2(5)6;;;;/h(H,3,4)(H,5,6);;1H2;;/q;+2;;2*-1. The van der Waals surface area contributed by atoms with Crippen LogP contribution in [0.15, 0.2) is 0 Å². The maximum Gasteiger partial charge on any atom is 2.00 e. The van der Waals surface area contributed by atoms with Gasteiger partial charge < -0.3 is 13.1 Å². The molecule has 0 fully saturated rings. The SMILES string of the molecule is O=C(O)C(=O)O.S.[Ca+2].[H-].[H-]. The molecule has 0 saturated carbocycles. The van der Waals surface area contributed by atoms with E-state index in [2.05, 4.69) is 0 Å². The van der Waals surface area contributed by atoms with Gasteiger partial charge in [-0.15, -0.1) is 0 Å². The van der Waals surface area contributed by atoms with Gasteiger partial charge in [-0.3, -0.25) is 0 Å². The van der Waals surface area contributed by atoms with E-state index in [1.54, 1.807) is 0 Å². The number of carboxylic acid groups (broad SMARTS) is 2. The summed E-state index contributed by atoms with van der Waals surface area (Å²) in [6.45, 7) is 0. The van der Waals surface area contributed by atoms with Gasteiger partial charge in [0, 0.05) is 0 Å². The van der Waals surface area contributed by atoms with Gasteiger partial charge in [-0.05, 0) is 0 Å². The molecule has 0 heterocycles. The van der Waals surface area contributed by atoms with Gasteiger partial charge in [0.05, 0.1) is 0 Å². The van der Waals surface area contributed by atoms with E-state index < -0.39 is 11.9 Å². The van der Waals surface area contributed by atoms with E-state index in [1.807, 2.05) is 0 Å². The van der Waals surface area contributed by atoms with E-state index in [1.165, 1.54) is 0 Å². The molecule has 0 aromatic heterocycles. The quantitative estimate of drug-likeness (QED) is 0.362. The van der Waals surface area contributed by atoms with E-state index in [4.69, 9.17) is 19.8 Å². The van der Waals surface area contributed by atoms with Gasteiger partial charge in [0.25, 0.3) is 0 Å². The third kappa shape index (κ3) is 9.75. The zero-order valence-corrected chi connectivity index (χ0v) is 7.13. The number of carboxylic acids is 2. The molecule has 0 saturated heterocycles. The third-order valence-electron chi connectivity index (χ3n) is 0.183. The second-order valence-electron chi connectivity index (χ2n) is 0.610. The Hall–Kier alpha value is 0.550. The molecule has 0 amide bonds. The summed E-state index contributed by atoms with van der Waals surface area (Å²) in [5, 5.41) is 14.8. The van der Waals surface area contributed by atoms with Crippen LogP contribution in [0.25, 0.3) is 0 Å². The second-order valence-corrected chi connectivity index (χ2v) is 0.610. The number of hydrogen-bond donors (Lipinski definition) is 2. The molecule has 0 aliphatic rings. The van der Waals surface area contributed by atoms with Gasteiger partial charge in [0.2, 0.25) is 0 Å². The maximum atomic E-state index is 9.10. The molecule has 0 aliphatic carbocycles. The topological polar surface area (TPSA) is 74.6 Å². The Labute approximate surface area is 85.3 Å². The Morgan fingerprint density at radius 2 is 1.25 bits per heavy atom. The Balaban J connectivity index is -0.0000000208. The van der Waals surface area contributed by atoms with Crippen molar-refractivity contribution in [3.05, 3.63) is 0 Å². The van der Waals surface area contributed by atoms with Crippen molar-refractivity contribution < 1.29 is 22.7 Å². The summed E-state index contributed by atoms with van der Waals surface area (Å²) in [6.07, 6.45) is 0. The van der Waals surface area contributed by atoms with Crippen molar-refractivity contribution in [3.8, 4) is 0 Å². The van der Waals surface area contributed by atoms with Crippen LogP contribution in [-0.2, 0) is 9.59 Å². The molecule has 2 N–H and O–H groups in total. The number of aliphatic carboxylic acids is 2. The van der Waals surface area contributed by atoms with Crippen molar-refractivity contribution in [1.82, 2.24) is 0 Å².